The summed E-state index contributed by atoms with van der Waals surface area (Å²) >= 11 is 0. The number of hydrogen-bond acceptors (Lipinski definition) is 3. The molecule has 1 rings (SSSR count). The van der Waals surface area contributed by atoms with Crippen LogP contribution in [0.4, 0.5) is 5.69 Å². The average Bonchev–Trinajstić information content (AvgIpc) is 2.44. The highest BCUT2D eigenvalue weighted by Crippen LogP contribution is 2.12. The molecule has 0 aliphatic carbocycles. The molecule has 0 amide bonds. The molecule has 0 radical (unpaired) electrons. The Morgan fingerprint density at radius 1 is 1.21 bits per heavy atom. The van der Waals surface area contributed by atoms with E-state index in [0.29, 0.717) is 11.6 Å². The molecule has 0 fully saturated rings. The Balaban J connectivity index is 2.30. The monoisotopic (exact) mass is 259 g/mol. The van der Waals surface area contributed by atoms with Gasteiger partial charge in [-0.15, -0.1) is 0 Å². The van der Waals surface area contributed by atoms with Crippen LogP contribution in [0.2, 0.25) is 0 Å². The normalized spacial score (nSPS) is 12.2. The van der Waals surface area contributed by atoms with Crippen molar-refractivity contribution in [3.8, 4) is 6.07 Å². The fraction of sp³-hybridized carbons (Fsp3) is 0.562. The van der Waals surface area contributed by atoms with Crippen molar-refractivity contribution in [2.45, 2.75) is 39.7 Å². The van der Waals surface area contributed by atoms with Crippen molar-refractivity contribution in [1.29, 1.82) is 5.26 Å². The van der Waals surface area contributed by atoms with Gasteiger partial charge in [0.15, 0.2) is 0 Å². The average molecular weight is 259 g/mol. The lowest BCUT2D eigenvalue weighted by Gasteiger charge is -2.20. The van der Waals surface area contributed by atoms with E-state index in [1.165, 1.54) is 13.0 Å². The molecule has 1 N–H and O–H groups in total. The van der Waals surface area contributed by atoms with E-state index in [1.54, 1.807) is 0 Å². The number of hydrogen-bond donors (Lipinski definition) is 1. The van der Waals surface area contributed by atoms with E-state index in [1.807, 2.05) is 24.3 Å². The minimum absolute atomic E-state index is 0.462. The van der Waals surface area contributed by atoms with Crippen LogP contribution in [0.3, 0.4) is 0 Å². The zero-order chi connectivity index (χ0) is 14.1. The standard InChI is InChI=1S/C16H25N3/c1-4-19(5-2)12-6-7-14(3)18-16-10-8-15(13-17)9-11-16/h8-11,14,18H,4-7,12H2,1-3H3. The molecule has 19 heavy (non-hydrogen) atoms. The highest BCUT2D eigenvalue weighted by atomic mass is 15.1. The molecule has 0 spiro atoms. The molecule has 1 aromatic rings. The summed E-state index contributed by atoms with van der Waals surface area (Å²) in [6.45, 7) is 10.1. The highest BCUT2D eigenvalue weighted by molar-refractivity contribution is 5.47. The van der Waals surface area contributed by atoms with E-state index >= 15 is 0 Å². The van der Waals surface area contributed by atoms with Crippen LogP contribution in [0.25, 0.3) is 0 Å². The van der Waals surface area contributed by atoms with Gasteiger partial charge in [-0.3, -0.25) is 0 Å². The third-order valence-electron chi connectivity index (χ3n) is 3.43. The van der Waals surface area contributed by atoms with E-state index in [-0.39, 0.29) is 0 Å². The van der Waals surface area contributed by atoms with Crippen LogP contribution in [-0.2, 0) is 0 Å². The molecule has 1 unspecified atom stereocenters. The Morgan fingerprint density at radius 3 is 2.37 bits per heavy atom. The lowest BCUT2D eigenvalue weighted by Crippen LogP contribution is -2.25. The van der Waals surface area contributed by atoms with E-state index in [4.69, 9.17) is 5.26 Å². The van der Waals surface area contributed by atoms with Crippen LogP contribution in [-0.4, -0.2) is 30.6 Å². The molecule has 1 atom stereocenters. The van der Waals surface area contributed by atoms with E-state index in [9.17, 15) is 0 Å². The molecule has 0 heterocycles. The summed E-state index contributed by atoms with van der Waals surface area (Å²) in [7, 11) is 0. The zero-order valence-electron chi connectivity index (χ0n) is 12.3. The predicted octanol–water partition coefficient (Wildman–Crippen LogP) is 3.48. The molecule has 0 saturated heterocycles. The molecule has 0 aliphatic heterocycles. The Bertz CT molecular complexity index is 387. The van der Waals surface area contributed by atoms with Gasteiger partial charge in [-0.05, 0) is 63.7 Å². The van der Waals surface area contributed by atoms with Crippen LogP contribution < -0.4 is 5.32 Å². The molecular weight excluding hydrogens is 234 g/mol. The van der Waals surface area contributed by atoms with Crippen molar-refractivity contribution in [3.05, 3.63) is 29.8 Å². The first-order valence-electron chi connectivity index (χ1n) is 7.18. The highest BCUT2D eigenvalue weighted by Gasteiger charge is 2.04. The molecule has 3 heteroatoms. The third-order valence-corrected chi connectivity index (χ3v) is 3.43. The van der Waals surface area contributed by atoms with Gasteiger partial charge in [0, 0.05) is 11.7 Å². The second-order valence-corrected chi connectivity index (χ2v) is 4.90. The summed E-state index contributed by atoms with van der Waals surface area (Å²) in [5.74, 6) is 0. The molecular formula is C16H25N3. The summed E-state index contributed by atoms with van der Waals surface area (Å²) in [4.78, 5) is 2.45. The van der Waals surface area contributed by atoms with Gasteiger partial charge in [0.1, 0.15) is 0 Å². The number of rotatable bonds is 8. The van der Waals surface area contributed by atoms with Gasteiger partial charge in [0.05, 0.1) is 11.6 Å². The lowest BCUT2D eigenvalue weighted by atomic mass is 10.1. The van der Waals surface area contributed by atoms with E-state index < -0.39 is 0 Å². The van der Waals surface area contributed by atoms with Crippen molar-refractivity contribution < 1.29 is 0 Å². The fourth-order valence-corrected chi connectivity index (χ4v) is 2.16. The number of benzene rings is 1. The zero-order valence-corrected chi connectivity index (χ0v) is 12.3. The maximum atomic E-state index is 8.75. The smallest absolute Gasteiger partial charge is 0.0991 e. The first kappa shape index (κ1) is 15.5. The Morgan fingerprint density at radius 2 is 1.84 bits per heavy atom. The summed E-state index contributed by atoms with van der Waals surface area (Å²) in [6, 6.07) is 10.2. The van der Waals surface area contributed by atoms with Crippen molar-refractivity contribution in [3.63, 3.8) is 0 Å². The van der Waals surface area contributed by atoms with Crippen molar-refractivity contribution in [1.82, 2.24) is 4.90 Å². The third kappa shape index (κ3) is 5.76. The van der Waals surface area contributed by atoms with Gasteiger partial charge in [-0.2, -0.15) is 5.26 Å². The van der Waals surface area contributed by atoms with Crippen LogP contribution in [0.5, 0.6) is 0 Å². The SMILES string of the molecule is CCN(CC)CCCC(C)Nc1ccc(C#N)cc1. The van der Waals surface area contributed by atoms with Crippen molar-refractivity contribution in [2.24, 2.45) is 0 Å². The van der Waals surface area contributed by atoms with Gasteiger partial charge < -0.3 is 10.2 Å². The second-order valence-electron chi connectivity index (χ2n) is 4.90. The molecule has 1 aromatic carbocycles. The Hall–Kier alpha value is -1.53. The molecule has 104 valence electrons. The number of nitrogens with one attached hydrogen (secondary N) is 1. The van der Waals surface area contributed by atoms with Crippen LogP contribution in [0.1, 0.15) is 39.2 Å². The summed E-state index contributed by atoms with van der Waals surface area (Å²) < 4.78 is 0. The van der Waals surface area contributed by atoms with Crippen molar-refractivity contribution in [2.75, 3.05) is 25.0 Å². The topological polar surface area (TPSA) is 39.1 Å². The first-order valence-corrected chi connectivity index (χ1v) is 7.18. The van der Waals surface area contributed by atoms with Gasteiger partial charge in [0.2, 0.25) is 0 Å². The molecule has 0 aromatic heterocycles. The second kappa shape index (κ2) is 8.55. The van der Waals surface area contributed by atoms with Gasteiger partial charge in [-0.1, -0.05) is 13.8 Å². The van der Waals surface area contributed by atoms with Gasteiger partial charge >= 0.3 is 0 Å². The van der Waals surface area contributed by atoms with Crippen LogP contribution in [0.15, 0.2) is 24.3 Å². The largest absolute Gasteiger partial charge is 0.383 e. The lowest BCUT2D eigenvalue weighted by molar-refractivity contribution is 0.295. The Labute approximate surface area is 117 Å². The minimum atomic E-state index is 0.462. The Kier molecular flexibility index (Phi) is 6.99. The maximum Gasteiger partial charge on any atom is 0.0991 e. The maximum absolute atomic E-state index is 8.75. The van der Waals surface area contributed by atoms with Crippen molar-refractivity contribution >= 4 is 5.69 Å². The quantitative estimate of drug-likeness (QED) is 0.777. The van der Waals surface area contributed by atoms with E-state index in [0.717, 1.165) is 25.2 Å². The van der Waals surface area contributed by atoms with Crippen LogP contribution in [0, 0.1) is 11.3 Å². The molecule has 0 saturated carbocycles. The summed E-state index contributed by atoms with van der Waals surface area (Å²) in [5.41, 5.74) is 1.80. The van der Waals surface area contributed by atoms with Gasteiger partial charge in [-0.25, -0.2) is 0 Å². The minimum Gasteiger partial charge on any atom is -0.383 e. The molecule has 0 aliphatic rings. The number of anilines is 1. The number of nitrogens with zero attached hydrogens (tertiary/aromatic N) is 2. The fourth-order valence-electron chi connectivity index (χ4n) is 2.16. The summed E-state index contributed by atoms with van der Waals surface area (Å²) in [6.07, 6.45) is 2.38. The van der Waals surface area contributed by atoms with Gasteiger partial charge in [0.25, 0.3) is 0 Å². The predicted molar refractivity (Wildman–Crippen MR) is 81.3 cm³/mol. The molecule has 3 nitrogen and oxygen atoms in total. The first-order chi connectivity index (χ1) is 9.19. The molecule has 0 bridgehead atoms. The van der Waals surface area contributed by atoms with Crippen LogP contribution >= 0.6 is 0 Å². The summed E-state index contributed by atoms with van der Waals surface area (Å²) in [5, 5.41) is 12.2. The number of nitriles is 1. The van der Waals surface area contributed by atoms with E-state index in [2.05, 4.69) is 37.1 Å².